The van der Waals surface area contributed by atoms with Crippen molar-refractivity contribution in [3.05, 3.63) is 65.2 Å². The van der Waals surface area contributed by atoms with Gasteiger partial charge in [0.25, 0.3) is 0 Å². The lowest BCUT2D eigenvalue weighted by atomic mass is 9.99. The number of nitrogens with one attached hydrogen (secondary N) is 1. The second-order valence-corrected chi connectivity index (χ2v) is 8.74. The first-order valence-corrected chi connectivity index (χ1v) is 10.8. The number of guanidine groups is 1. The molecule has 0 aliphatic heterocycles. The number of hydrogen-bond donors (Lipinski definition) is 2. The zero-order valence-corrected chi connectivity index (χ0v) is 19.1. The van der Waals surface area contributed by atoms with E-state index in [2.05, 4.69) is 36.3 Å². The predicted molar refractivity (Wildman–Crippen MR) is 125 cm³/mol. The molecule has 0 aliphatic rings. The summed E-state index contributed by atoms with van der Waals surface area (Å²) >= 11 is 0. The summed E-state index contributed by atoms with van der Waals surface area (Å²) < 4.78 is 23.1. The Morgan fingerprint density at radius 2 is 1.70 bits per heavy atom. The topological polar surface area (TPSA) is 84.5 Å². The molecule has 1 unspecified atom stereocenters. The van der Waals surface area contributed by atoms with Crippen molar-refractivity contribution in [2.45, 2.75) is 38.5 Å². The van der Waals surface area contributed by atoms with Gasteiger partial charge in [-0.1, -0.05) is 50.2 Å². The van der Waals surface area contributed by atoms with Crippen molar-refractivity contribution in [3.63, 3.8) is 0 Å². The zero-order chi connectivity index (χ0) is 19.2. The lowest BCUT2D eigenvalue weighted by molar-refractivity contribution is 0.601. The molecule has 0 saturated carbocycles. The Morgan fingerprint density at radius 3 is 2.26 bits per heavy atom. The van der Waals surface area contributed by atoms with Crippen molar-refractivity contribution in [1.82, 2.24) is 0 Å². The Kier molecular flexibility index (Phi) is 9.25. The molecular formula is C20H28IN3O2S. The average molecular weight is 501 g/mol. The molecule has 2 aromatic rings. The van der Waals surface area contributed by atoms with Gasteiger partial charge in [0, 0.05) is 11.9 Å². The number of benzene rings is 2. The fourth-order valence-corrected chi connectivity index (χ4v) is 3.47. The summed E-state index contributed by atoms with van der Waals surface area (Å²) in [7, 11) is -3.10. The van der Waals surface area contributed by atoms with Crippen LogP contribution in [0.1, 0.15) is 42.9 Å². The lowest BCUT2D eigenvalue weighted by Crippen LogP contribution is -2.22. The lowest BCUT2D eigenvalue weighted by Gasteiger charge is -2.11. The van der Waals surface area contributed by atoms with Gasteiger partial charge in [-0.3, -0.25) is 0 Å². The summed E-state index contributed by atoms with van der Waals surface area (Å²) in [5.41, 5.74) is 9.76. The quantitative estimate of drug-likeness (QED) is 0.337. The number of sulfone groups is 1. The summed E-state index contributed by atoms with van der Waals surface area (Å²) in [6, 6.07) is 15.5. The van der Waals surface area contributed by atoms with E-state index in [0.29, 0.717) is 18.4 Å². The molecule has 0 aliphatic carbocycles. The number of nitrogens with zero attached hydrogens (tertiary/aromatic N) is 1. The van der Waals surface area contributed by atoms with Crippen LogP contribution in [0.3, 0.4) is 0 Å². The van der Waals surface area contributed by atoms with Crippen LogP contribution in [-0.4, -0.2) is 20.6 Å². The van der Waals surface area contributed by atoms with E-state index in [-0.39, 0.29) is 29.7 Å². The van der Waals surface area contributed by atoms with Gasteiger partial charge in [0.1, 0.15) is 0 Å². The maximum absolute atomic E-state index is 11.6. The van der Waals surface area contributed by atoms with E-state index in [4.69, 9.17) is 5.73 Å². The van der Waals surface area contributed by atoms with Crippen LogP contribution in [0.25, 0.3) is 0 Å². The number of hydrogen-bond acceptors (Lipinski definition) is 3. The van der Waals surface area contributed by atoms with Crippen LogP contribution in [0.15, 0.2) is 53.5 Å². The Morgan fingerprint density at radius 1 is 1.11 bits per heavy atom. The first kappa shape index (κ1) is 23.4. The standard InChI is InChI=1S/C20H27N3O2S.HI/c1-4-15(2)16-9-11-19(12-10-16)23-20(21)22-13-17-7-5-6-8-18(17)14-26(3,24)25;/h5-12,15H,4,13-14H2,1-3H3,(H3,21,22,23);1H. The van der Waals surface area contributed by atoms with Crippen molar-refractivity contribution >= 4 is 45.5 Å². The Bertz CT molecular complexity index is 865. The van der Waals surface area contributed by atoms with Crippen molar-refractivity contribution < 1.29 is 8.42 Å². The van der Waals surface area contributed by atoms with Crippen LogP contribution in [-0.2, 0) is 22.1 Å². The Balaban J connectivity index is 0.00000364. The van der Waals surface area contributed by atoms with Gasteiger partial charge in [-0.15, -0.1) is 24.0 Å². The molecule has 0 amide bonds. The zero-order valence-electron chi connectivity index (χ0n) is 16.0. The third-order valence-electron chi connectivity index (χ3n) is 4.32. The van der Waals surface area contributed by atoms with Gasteiger partial charge < -0.3 is 11.1 Å². The van der Waals surface area contributed by atoms with Gasteiger partial charge in [-0.05, 0) is 41.2 Å². The molecular weight excluding hydrogens is 473 g/mol. The van der Waals surface area contributed by atoms with Crippen LogP contribution in [0.5, 0.6) is 0 Å². The minimum absolute atomic E-state index is 0. The minimum atomic E-state index is -3.10. The van der Waals surface area contributed by atoms with Gasteiger partial charge >= 0.3 is 0 Å². The molecule has 1 atom stereocenters. The molecule has 2 rings (SSSR count). The molecule has 7 heteroatoms. The van der Waals surface area contributed by atoms with E-state index in [0.717, 1.165) is 23.2 Å². The molecule has 5 nitrogen and oxygen atoms in total. The van der Waals surface area contributed by atoms with Gasteiger partial charge in [0.15, 0.2) is 15.8 Å². The van der Waals surface area contributed by atoms with Gasteiger partial charge in [0.05, 0.1) is 12.3 Å². The molecule has 148 valence electrons. The molecule has 0 heterocycles. The first-order chi connectivity index (χ1) is 12.3. The van der Waals surface area contributed by atoms with Crippen LogP contribution >= 0.6 is 24.0 Å². The van der Waals surface area contributed by atoms with Crippen LogP contribution in [0.2, 0.25) is 0 Å². The smallest absolute Gasteiger partial charge is 0.193 e. The van der Waals surface area contributed by atoms with Crippen molar-refractivity contribution in [2.75, 3.05) is 11.6 Å². The molecule has 0 spiro atoms. The van der Waals surface area contributed by atoms with E-state index >= 15 is 0 Å². The molecule has 0 bridgehead atoms. The minimum Gasteiger partial charge on any atom is -0.370 e. The molecule has 27 heavy (non-hydrogen) atoms. The summed E-state index contributed by atoms with van der Waals surface area (Å²) in [4.78, 5) is 4.34. The molecule has 0 saturated heterocycles. The average Bonchev–Trinajstić information content (AvgIpc) is 2.59. The summed E-state index contributed by atoms with van der Waals surface area (Å²) in [6.45, 7) is 4.70. The van der Waals surface area contributed by atoms with Crippen LogP contribution in [0.4, 0.5) is 5.69 Å². The van der Waals surface area contributed by atoms with Gasteiger partial charge in [-0.2, -0.15) is 0 Å². The van der Waals surface area contributed by atoms with Gasteiger partial charge in [0.2, 0.25) is 0 Å². The second kappa shape index (κ2) is 10.7. The molecule has 2 aromatic carbocycles. The fraction of sp³-hybridized carbons (Fsp3) is 0.350. The molecule has 0 aromatic heterocycles. The van der Waals surface area contributed by atoms with Crippen LogP contribution in [0, 0.1) is 0 Å². The monoisotopic (exact) mass is 501 g/mol. The third kappa shape index (κ3) is 7.88. The van der Waals surface area contributed by atoms with Crippen molar-refractivity contribution in [1.29, 1.82) is 0 Å². The fourth-order valence-electron chi connectivity index (χ4n) is 2.62. The van der Waals surface area contributed by atoms with E-state index in [1.54, 1.807) is 0 Å². The number of rotatable bonds is 7. The van der Waals surface area contributed by atoms with Crippen molar-refractivity contribution in [2.24, 2.45) is 10.7 Å². The van der Waals surface area contributed by atoms with Crippen molar-refractivity contribution in [3.8, 4) is 0 Å². The number of halogens is 1. The molecule has 0 radical (unpaired) electrons. The van der Waals surface area contributed by atoms with E-state index in [1.807, 2.05) is 36.4 Å². The normalized spacial score (nSPS) is 12.9. The largest absolute Gasteiger partial charge is 0.370 e. The molecule has 3 N–H and O–H groups in total. The summed E-state index contributed by atoms with van der Waals surface area (Å²) in [5.74, 6) is 0.834. The summed E-state index contributed by atoms with van der Waals surface area (Å²) in [5, 5.41) is 3.07. The number of nitrogens with two attached hydrogens (primary N) is 1. The van der Waals surface area contributed by atoms with E-state index in [9.17, 15) is 8.42 Å². The van der Waals surface area contributed by atoms with E-state index < -0.39 is 9.84 Å². The maximum Gasteiger partial charge on any atom is 0.193 e. The Labute approximate surface area is 179 Å². The highest BCUT2D eigenvalue weighted by Gasteiger charge is 2.09. The maximum atomic E-state index is 11.6. The number of aliphatic imine (C=N–C) groups is 1. The summed E-state index contributed by atoms with van der Waals surface area (Å²) in [6.07, 6.45) is 2.33. The second-order valence-electron chi connectivity index (χ2n) is 6.60. The highest BCUT2D eigenvalue weighted by atomic mass is 127. The number of anilines is 1. The highest BCUT2D eigenvalue weighted by molar-refractivity contribution is 14.0. The Hall–Kier alpha value is -1.61. The van der Waals surface area contributed by atoms with Crippen LogP contribution < -0.4 is 11.1 Å². The first-order valence-electron chi connectivity index (χ1n) is 8.70. The molecule has 0 fully saturated rings. The van der Waals surface area contributed by atoms with E-state index in [1.165, 1.54) is 11.8 Å². The predicted octanol–water partition coefficient (Wildman–Crippen LogP) is 4.29. The SMILES string of the molecule is CCC(C)c1ccc(NC(N)=NCc2ccccc2CS(C)(=O)=O)cc1.I. The highest BCUT2D eigenvalue weighted by Crippen LogP contribution is 2.20. The third-order valence-corrected chi connectivity index (χ3v) is 5.16. The van der Waals surface area contributed by atoms with Gasteiger partial charge in [-0.25, -0.2) is 13.4 Å².